The van der Waals surface area contributed by atoms with Crippen LogP contribution in [-0.4, -0.2) is 5.71 Å². The molecule has 4 aliphatic carbocycles. The maximum absolute atomic E-state index is 9.03. The van der Waals surface area contributed by atoms with Crippen LogP contribution in [0.2, 0.25) is 0 Å². The summed E-state index contributed by atoms with van der Waals surface area (Å²) in [6.45, 7) is 6.83. The first-order chi connectivity index (χ1) is 11.6. The molecule has 0 radical (unpaired) electrons. The van der Waals surface area contributed by atoms with E-state index in [1.807, 2.05) is 0 Å². The average molecular weight is 317 g/mol. The summed E-state index contributed by atoms with van der Waals surface area (Å²) in [6.07, 6.45) is 22.4. The largest absolute Gasteiger partial charge is 0.304 e. The third kappa shape index (κ3) is 2.10. The van der Waals surface area contributed by atoms with Gasteiger partial charge in [0.2, 0.25) is 0 Å². The summed E-state index contributed by atoms with van der Waals surface area (Å²) in [4.78, 5) is 0. The van der Waals surface area contributed by atoms with Gasteiger partial charge in [0.15, 0.2) is 0 Å². The van der Waals surface area contributed by atoms with Crippen molar-refractivity contribution in [1.82, 2.24) is 0 Å². The summed E-state index contributed by atoms with van der Waals surface area (Å²) >= 11 is 0. The molecule has 0 aromatic carbocycles. The molecule has 1 saturated carbocycles. The number of fused-ring (bicyclic) bond motifs is 4. The maximum Gasteiger partial charge on any atom is 0.0424 e. The molecule has 5 unspecified atom stereocenters. The highest BCUT2D eigenvalue weighted by atomic mass is 14.6. The van der Waals surface area contributed by atoms with Crippen molar-refractivity contribution in [3.8, 4) is 0 Å². The van der Waals surface area contributed by atoms with E-state index >= 15 is 0 Å². The molecule has 5 atom stereocenters. The van der Waals surface area contributed by atoms with Crippen molar-refractivity contribution < 1.29 is 0 Å². The van der Waals surface area contributed by atoms with Crippen LogP contribution in [0.1, 0.15) is 33.6 Å². The van der Waals surface area contributed by atoms with Gasteiger partial charge in [-0.25, -0.2) is 0 Å². The zero-order valence-electron chi connectivity index (χ0n) is 14.9. The average Bonchev–Trinajstić information content (AvgIpc) is 3.34. The summed E-state index contributed by atoms with van der Waals surface area (Å²) in [7, 11) is 0. The highest BCUT2D eigenvalue weighted by Gasteiger charge is 2.56. The Morgan fingerprint density at radius 1 is 1.21 bits per heavy atom. The minimum Gasteiger partial charge on any atom is -0.304 e. The monoisotopic (exact) mass is 317 g/mol. The van der Waals surface area contributed by atoms with Crippen molar-refractivity contribution in [3.63, 3.8) is 0 Å². The lowest BCUT2D eigenvalue weighted by atomic mass is 9.70. The predicted molar refractivity (Wildman–Crippen MR) is 102 cm³/mol. The van der Waals surface area contributed by atoms with Gasteiger partial charge in [-0.3, -0.25) is 0 Å². The zero-order chi connectivity index (χ0) is 16.9. The van der Waals surface area contributed by atoms with Gasteiger partial charge in [-0.2, -0.15) is 0 Å². The summed E-state index contributed by atoms with van der Waals surface area (Å²) in [6, 6.07) is 0. The summed E-state index contributed by atoms with van der Waals surface area (Å²) < 4.78 is 0. The highest BCUT2D eigenvalue weighted by Crippen LogP contribution is 2.65. The molecule has 0 aliphatic heterocycles. The molecule has 1 fully saturated rings. The number of allylic oxidation sites excluding steroid dienone is 12. The quantitative estimate of drug-likeness (QED) is 0.591. The second kappa shape index (κ2) is 5.58. The molecule has 0 heterocycles. The Hall–Kier alpha value is -1.89. The molecule has 1 nitrogen and oxygen atoms in total. The Bertz CT molecular complexity index is 755. The number of nitrogens with one attached hydrogen (secondary N) is 1. The standard InChI is InChI=1S/C23H27N/c1-4-13-23-14-21(23)16(3)15(2)17-9-5-6-10-18(17)22(24)19-11-7-8-12-20(19)23/h4-11,13,15,17-18,20,24H,12,14H2,1-3H3/b13-4?,21-16-,24-22?. The Kier molecular flexibility index (Phi) is 3.63. The topological polar surface area (TPSA) is 23.9 Å². The van der Waals surface area contributed by atoms with Gasteiger partial charge in [-0.1, -0.05) is 72.8 Å². The molecule has 24 heavy (non-hydrogen) atoms. The highest BCUT2D eigenvalue weighted by molar-refractivity contribution is 6.02. The zero-order valence-corrected chi connectivity index (χ0v) is 14.9. The Morgan fingerprint density at radius 2 is 2.00 bits per heavy atom. The van der Waals surface area contributed by atoms with E-state index in [2.05, 4.69) is 75.5 Å². The molecule has 0 amide bonds. The van der Waals surface area contributed by atoms with Crippen molar-refractivity contribution in [3.05, 3.63) is 71.4 Å². The molecule has 0 saturated heterocycles. The molecular weight excluding hydrogens is 290 g/mol. The Labute approximate surface area is 145 Å². The van der Waals surface area contributed by atoms with Crippen LogP contribution in [0.4, 0.5) is 0 Å². The maximum atomic E-state index is 9.03. The van der Waals surface area contributed by atoms with Gasteiger partial charge in [-0.15, -0.1) is 0 Å². The minimum atomic E-state index is 0.164. The fourth-order valence-corrected chi connectivity index (χ4v) is 5.20. The first-order valence-corrected chi connectivity index (χ1v) is 9.24. The van der Waals surface area contributed by atoms with Gasteiger partial charge in [0.05, 0.1) is 0 Å². The molecule has 0 aromatic heterocycles. The molecule has 4 rings (SSSR count). The second-order valence-electron chi connectivity index (χ2n) is 7.79. The van der Waals surface area contributed by atoms with E-state index in [0.717, 1.165) is 12.1 Å². The van der Waals surface area contributed by atoms with E-state index in [1.165, 1.54) is 12.0 Å². The van der Waals surface area contributed by atoms with E-state index in [9.17, 15) is 0 Å². The smallest absolute Gasteiger partial charge is 0.0424 e. The van der Waals surface area contributed by atoms with Gasteiger partial charge < -0.3 is 5.41 Å². The number of hydrogen-bond donors (Lipinski definition) is 1. The van der Waals surface area contributed by atoms with Crippen molar-refractivity contribution in [2.24, 2.45) is 29.1 Å². The first-order valence-electron chi connectivity index (χ1n) is 9.24. The van der Waals surface area contributed by atoms with Crippen LogP contribution in [0.15, 0.2) is 71.4 Å². The lowest BCUT2D eigenvalue weighted by Gasteiger charge is -2.33. The van der Waals surface area contributed by atoms with Crippen LogP contribution in [0.3, 0.4) is 0 Å². The Morgan fingerprint density at radius 3 is 2.79 bits per heavy atom. The van der Waals surface area contributed by atoms with E-state index in [0.29, 0.717) is 17.8 Å². The van der Waals surface area contributed by atoms with E-state index in [1.54, 1.807) is 11.1 Å². The lowest BCUT2D eigenvalue weighted by molar-refractivity contribution is 0.439. The van der Waals surface area contributed by atoms with Gasteiger partial charge in [0, 0.05) is 23.0 Å². The van der Waals surface area contributed by atoms with Crippen LogP contribution >= 0.6 is 0 Å². The SMILES string of the molecule is CC=CC12C/C1=C(\C)C(C)C1C=CC=CC1C(=N)C1=CC=CCC12. The molecule has 0 spiro atoms. The molecule has 0 aromatic rings. The molecule has 0 bridgehead atoms. The van der Waals surface area contributed by atoms with Crippen molar-refractivity contribution in [2.75, 3.05) is 0 Å². The predicted octanol–water partition coefficient (Wildman–Crippen LogP) is 5.80. The van der Waals surface area contributed by atoms with Gasteiger partial charge >= 0.3 is 0 Å². The van der Waals surface area contributed by atoms with E-state index in [-0.39, 0.29) is 11.3 Å². The summed E-state index contributed by atoms with van der Waals surface area (Å²) in [5.41, 5.74) is 5.47. The minimum absolute atomic E-state index is 0.164. The third-order valence-electron chi connectivity index (χ3n) is 6.71. The van der Waals surface area contributed by atoms with Crippen molar-refractivity contribution in [1.29, 1.82) is 5.41 Å². The molecule has 1 N–H and O–H groups in total. The van der Waals surface area contributed by atoms with E-state index < -0.39 is 0 Å². The van der Waals surface area contributed by atoms with Crippen LogP contribution < -0.4 is 0 Å². The summed E-state index contributed by atoms with van der Waals surface area (Å²) in [5.74, 6) is 1.54. The van der Waals surface area contributed by atoms with Crippen LogP contribution in [0.5, 0.6) is 0 Å². The van der Waals surface area contributed by atoms with Crippen molar-refractivity contribution >= 4 is 5.71 Å². The fraction of sp³-hybridized carbons (Fsp3) is 0.435. The molecule has 124 valence electrons. The van der Waals surface area contributed by atoms with Crippen LogP contribution in [0.25, 0.3) is 0 Å². The van der Waals surface area contributed by atoms with Crippen molar-refractivity contribution in [2.45, 2.75) is 33.6 Å². The normalized spacial score (nSPS) is 43.5. The summed E-state index contributed by atoms with van der Waals surface area (Å²) in [5, 5.41) is 9.03. The van der Waals surface area contributed by atoms with E-state index in [4.69, 9.17) is 5.41 Å². The van der Waals surface area contributed by atoms with Gasteiger partial charge in [0.25, 0.3) is 0 Å². The fourth-order valence-electron chi connectivity index (χ4n) is 5.20. The molecule has 1 heteroatoms. The number of hydrogen-bond acceptors (Lipinski definition) is 1. The third-order valence-corrected chi connectivity index (χ3v) is 6.71. The molecule has 4 aliphatic rings. The Balaban J connectivity index is 1.91. The van der Waals surface area contributed by atoms with Crippen LogP contribution in [-0.2, 0) is 0 Å². The second-order valence-corrected chi connectivity index (χ2v) is 7.79. The van der Waals surface area contributed by atoms with Gasteiger partial charge in [0.1, 0.15) is 0 Å². The van der Waals surface area contributed by atoms with Gasteiger partial charge in [-0.05, 0) is 44.1 Å². The molecular formula is C23H27N. The first kappa shape index (κ1) is 15.6. The lowest BCUT2D eigenvalue weighted by Crippen LogP contribution is -2.31. The number of rotatable bonds is 1. The van der Waals surface area contributed by atoms with Crippen LogP contribution in [0, 0.1) is 34.5 Å².